The fourth-order valence-electron chi connectivity index (χ4n) is 2.39. The van der Waals surface area contributed by atoms with E-state index in [0.717, 1.165) is 5.56 Å². The van der Waals surface area contributed by atoms with Gasteiger partial charge in [-0.05, 0) is 29.8 Å². The van der Waals surface area contributed by atoms with Gasteiger partial charge in [0.15, 0.2) is 11.5 Å². The maximum atomic E-state index is 12.8. The summed E-state index contributed by atoms with van der Waals surface area (Å²) >= 11 is 0. The Morgan fingerprint density at radius 2 is 1.81 bits per heavy atom. The standard InChI is InChI=1S/C19H23NO5S/c1-5-11-25-16-8-6-7-15(12-16)14-20(2)26(21,22)17-9-10-18(23-3)19(13-17)24-4/h5-10,12-13H,1,11,14H2,2-4H3. The van der Waals surface area contributed by atoms with Crippen LogP contribution < -0.4 is 14.2 Å². The molecule has 7 heteroatoms. The third-order valence-corrected chi connectivity index (χ3v) is 5.53. The van der Waals surface area contributed by atoms with Gasteiger partial charge in [-0.1, -0.05) is 24.8 Å². The molecular weight excluding hydrogens is 354 g/mol. The van der Waals surface area contributed by atoms with Crippen molar-refractivity contribution in [2.24, 2.45) is 0 Å². The van der Waals surface area contributed by atoms with Crippen LogP contribution in [-0.2, 0) is 16.6 Å². The fourth-order valence-corrected chi connectivity index (χ4v) is 3.56. The molecule has 2 rings (SSSR count). The number of nitrogens with zero attached hydrogens (tertiary/aromatic N) is 1. The van der Waals surface area contributed by atoms with Crippen LogP contribution in [0.25, 0.3) is 0 Å². The van der Waals surface area contributed by atoms with Gasteiger partial charge < -0.3 is 14.2 Å². The first kappa shape index (κ1) is 19.8. The molecule has 0 aliphatic carbocycles. The molecule has 0 N–H and O–H groups in total. The summed E-state index contributed by atoms with van der Waals surface area (Å²) in [6, 6.07) is 11.8. The van der Waals surface area contributed by atoms with Gasteiger partial charge in [-0.15, -0.1) is 0 Å². The second-order valence-corrected chi connectivity index (χ2v) is 7.57. The third kappa shape index (κ3) is 4.56. The van der Waals surface area contributed by atoms with Crippen molar-refractivity contribution < 1.29 is 22.6 Å². The first-order valence-electron chi connectivity index (χ1n) is 7.93. The van der Waals surface area contributed by atoms with Crippen LogP contribution in [0, 0.1) is 0 Å². The number of sulfonamides is 1. The average molecular weight is 377 g/mol. The van der Waals surface area contributed by atoms with E-state index in [0.29, 0.717) is 23.9 Å². The van der Waals surface area contributed by atoms with E-state index in [1.807, 2.05) is 24.3 Å². The molecule has 0 unspecified atom stereocenters. The molecule has 0 bridgehead atoms. The zero-order valence-corrected chi connectivity index (χ0v) is 16.0. The summed E-state index contributed by atoms with van der Waals surface area (Å²) in [6.07, 6.45) is 1.65. The van der Waals surface area contributed by atoms with Gasteiger partial charge in [-0.3, -0.25) is 0 Å². The molecule has 0 heterocycles. The molecule has 0 aromatic heterocycles. The number of methoxy groups -OCH3 is 2. The lowest BCUT2D eigenvalue weighted by atomic mass is 10.2. The minimum absolute atomic E-state index is 0.136. The lowest BCUT2D eigenvalue weighted by Crippen LogP contribution is -2.26. The highest BCUT2D eigenvalue weighted by Crippen LogP contribution is 2.30. The number of benzene rings is 2. The second kappa shape index (κ2) is 8.73. The van der Waals surface area contributed by atoms with E-state index in [2.05, 4.69) is 6.58 Å². The average Bonchev–Trinajstić information content (AvgIpc) is 2.65. The summed E-state index contributed by atoms with van der Waals surface area (Å²) < 4.78 is 42.8. The Bertz CT molecular complexity index is 864. The Morgan fingerprint density at radius 3 is 2.46 bits per heavy atom. The van der Waals surface area contributed by atoms with Crippen molar-refractivity contribution in [3.05, 3.63) is 60.7 Å². The molecule has 0 amide bonds. The molecule has 2 aromatic carbocycles. The molecule has 0 saturated carbocycles. The van der Waals surface area contributed by atoms with Gasteiger partial charge in [-0.25, -0.2) is 8.42 Å². The van der Waals surface area contributed by atoms with Gasteiger partial charge >= 0.3 is 0 Å². The molecule has 2 aromatic rings. The predicted octanol–water partition coefficient (Wildman–Crippen LogP) is 3.09. The minimum Gasteiger partial charge on any atom is -0.493 e. The van der Waals surface area contributed by atoms with Crippen LogP contribution in [0.2, 0.25) is 0 Å². The van der Waals surface area contributed by atoms with Crippen LogP contribution >= 0.6 is 0 Å². The van der Waals surface area contributed by atoms with Crippen LogP contribution in [0.1, 0.15) is 5.56 Å². The summed E-state index contributed by atoms with van der Waals surface area (Å²) in [5.74, 6) is 1.50. The van der Waals surface area contributed by atoms with E-state index in [1.165, 1.54) is 37.7 Å². The van der Waals surface area contributed by atoms with E-state index in [9.17, 15) is 8.42 Å². The molecule has 26 heavy (non-hydrogen) atoms. The third-order valence-electron chi connectivity index (χ3n) is 3.73. The van der Waals surface area contributed by atoms with Gasteiger partial charge in [0.1, 0.15) is 12.4 Å². The van der Waals surface area contributed by atoms with E-state index < -0.39 is 10.0 Å². The largest absolute Gasteiger partial charge is 0.493 e. The van der Waals surface area contributed by atoms with Crippen LogP contribution in [0.15, 0.2) is 60.0 Å². The van der Waals surface area contributed by atoms with E-state index in [4.69, 9.17) is 14.2 Å². The predicted molar refractivity (Wildman–Crippen MR) is 100 cm³/mol. The van der Waals surface area contributed by atoms with Gasteiger partial charge in [0.05, 0.1) is 19.1 Å². The van der Waals surface area contributed by atoms with Crippen molar-refractivity contribution in [3.63, 3.8) is 0 Å². The van der Waals surface area contributed by atoms with Crippen LogP contribution in [0.5, 0.6) is 17.2 Å². The first-order chi connectivity index (χ1) is 12.4. The highest BCUT2D eigenvalue weighted by molar-refractivity contribution is 7.89. The first-order valence-corrected chi connectivity index (χ1v) is 9.37. The summed E-state index contributed by atoms with van der Waals surface area (Å²) in [5, 5.41) is 0. The van der Waals surface area contributed by atoms with E-state index in [-0.39, 0.29) is 11.4 Å². The molecule has 0 radical (unpaired) electrons. The molecule has 0 aliphatic heterocycles. The van der Waals surface area contributed by atoms with Crippen molar-refractivity contribution in [1.29, 1.82) is 0 Å². The topological polar surface area (TPSA) is 65.1 Å². The van der Waals surface area contributed by atoms with Gasteiger partial charge in [0.2, 0.25) is 10.0 Å². The summed E-state index contributed by atoms with van der Waals surface area (Å²) in [7, 11) is 0.812. The molecule has 6 nitrogen and oxygen atoms in total. The maximum Gasteiger partial charge on any atom is 0.243 e. The lowest BCUT2D eigenvalue weighted by Gasteiger charge is -2.18. The summed E-state index contributed by atoms with van der Waals surface area (Å²) in [6.45, 7) is 4.21. The number of hydrogen-bond acceptors (Lipinski definition) is 5. The maximum absolute atomic E-state index is 12.8. The Labute approximate surface area is 154 Å². The molecule has 0 fully saturated rings. The number of rotatable bonds is 9. The van der Waals surface area contributed by atoms with Gasteiger partial charge in [0.25, 0.3) is 0 Å². The van der Waals surface area contributed by atoms with Crippen molar-refractivity contribution in [1.82, 2.24) is 4.31 Å². The number of hydrogen-bond donors (Lipinski definition) is 0. The molecule has 140 valence electrons. The molecular formula is C19H23NO5S. The van der Waals surface area contributed by atoms with E-state index >= 15 is 0 Å². The quantitative estimate of drug-likeness (QED) is 0.629. The molecule has 0 spiro atoms. The van der Waals surface area contributed by atoms with Gasteiger partial charge in [-0.2, -0.15) is 4.31 Å². The van der Waals surface area contributed by atoms with Crippen LogP contribution in [0.4, 0.5) is 0 Å². The van der Waals surface area contributed by atoms with Crippen molar-refractivity contribution in [2.45, 2.75) is 11.4 Å². The highest BCUT2D eigenvalue weighted by Gasteiger charge is 2.22. The monoisotopic (exact) mass is 377 g/mol. The SMILES string of the molecule is C=CCOc1cccc(CN(C)S(=O)(=O)c2ccc(OC)c(OC)c2)c1. The Kier molecular flexibility index (Phi) is 6.65. The Morgan fingerprint density at radius 1 is 1.08 bits per heavy atom. The lowest BCUT2D eigenvalue weighted by molar-refractivity contribution is 0.353. The van der Waals surface area contributed by atoms with Crippen molar-refractivity contribution in [3.8, 4) is 17.2 Å². The van der Waals surface area contributed by atoms with E-state index in [1.54, 1.807) is 12.1 Å². The zero-order valence-electron chi connectivity index (χ0n) is 15.1. The van der Waals surface area contributed by atoms with Crippen LogP contribution in [-0.4, -0.2) is 40.6 Å². The Hall–Kier alpha value is -2.51. The molecule has 0 aliphatic rings. The molecule has 0 saturated heterocycles. The summed E-state index contributed by atoms with van der Waals surface area (Å²) in [5.41, 5.74) is 0.818. The van der Waals surface area contributed by atoms with Crippen molar-refractivity contribution in [2.75, 3.05) is 27.9 Å². The Balaban J connectivity index is 2.22. The van der Waals surface area contributed by atoms with Gasteiger partial charge in [0, 0.05) is 19.7 Å². The minimum atomic E-state index is -3.68. The summed E-state index contributed by atoms with van der Waals surface area (Å²) in [4.78, 5) is 0.136. The second-order valence-electron chi connectivity index (χ2n) is 5.52. The smallest absolute Gasteiger partial charge is 0.243 e. The highest BCUT2D eigenvalue weighted by atomic mass is 32.2. The fraction of sp³-hybridized carbons (Fsp3) is 0.263. The normalized spacial score (nSPS) is 11.2. The van der Waals surface area contributed by atoms with Crippen LogP contribution in [0.3, 0.4) is 0 Å². The zero-order chi connectivity index (χ0) is 19.2. The number of ether oxygens (including phenoxy) is 3. The van der Waals surface area contributed by atoms with Crippen molar-refractivity contribution >= 4 is 10.0 Å². The molecule has 0 atom stereocenters.